The molecule has 0 aliphatic carbocycles. The first-order chi connectivity index (χ1) is 9.99. The van der Waals surface area contributed by atoms with Gasteiger partial charge in [-0.15, -0.1) is 11.3 Å². The highest BCUT2D eigenvalue weighted by Gasteiger charge is 2.18. The predicted octanol–water partition coefficient (Wildman–Crippen LogP) is 2.28. The van der Waals surface area contributed by atoms with Crippen LogP contribution in [-0.2, 0) is 4.74 Å². The molecule has 108 valence electrons. The van der Waals surface area contributed by atoms with Crippen LogP contribution in [0.2, 0.25) is 0 Å². The molecular weight excluding hydrogens is 296 g/mol. The molecule has 0 saturated carbocycles. The van der Waals surface area contributed by atoms with Crippen molar-refractivity contribution in [2.45, 2.75) is 0 Å². The number of ketones is 1. The van der Waals surface area contributed by atoms with Crippen molar-refractivity contribution in [2.24, 2.45) is 0 Å². The van der Waals surface area contributed by atoms with Gasteiger partial charge in [-0.1, -0.05) is 6.07 Å². The number of benzene rings is 1. The number of carbonyl (C=O) groups is 2. The Bertz CT molecular complexity index is 697. The van der Waals surface area contributed by atoms with Crippen molar-refractivity contribution in [3.05, 3.63) is 56.3 Å². The van der Waals surface area contributed by atoms with Gasteiger partial charge < -0.3 is 10.5 Å². The monoisotopic (exact) mass is 306 g/mol. The summed E-state index contributed by atoms with van der Waals surface area (Å²) in [6.07, 6.45) is 0. The Morgan fingerprint density at radius 3 is 2.71 bits per heavy atom. The fraction of sp³-hybridized carbons (Fsp3) is 0.0769. The molecule has 0 amide bonds. The maximum absolute atomic E-state index is 11.8. The van der Waals surface area contributed by atoms with Crippen LogP contribution >= 0.6 is 11.3 Å². The van der Waals surface area contributed by atoms with Crippen molar-refractivity contribution in [1.29, 1.82) is 0 Å². The number of esters is 1. The van der Waals surface area contributed by atoms with E-state index in [0.717, 1.165) is 6.07 Å². The van der Waals surface area contributed by atoms with Gasteiger partial charge in [-0.25, -0.2) is 4.79 Å². The minimum absolute atomic E-state index is 0.0502. The Hall–Kier alpha value is -2.74. The van der Waals surface area contributed by atoms with E-state index in [9.17, 15) is 19.7 Å². The largest absolute Gasteiger partial charge is 0.454 e. The third kappa shape index (κ3) is 3.42. The van der Waals surface area contributed by atoms with E-state index in [2.05, 4.69) is 0 Å². The standard InChI is InChI=1S/C13H10N2O5S/c14-10-4-3-8(15(18)19)6-9(10)13(17)20-7-11(16)12-2-1-5-21-12/h1-6H,7,14H2. The normalized spacial score (nSPS) is 10.1. The molecule has 0 saturated heterocycles. The van der Waals surface area contributed by atoms with Crippen LogP contribution in [0.3, 0.4) is 0 Å². The molecule has 0 aliphatic rings. The second kappa shape index (κ2) is 6.14. The summed E-state index contributed by atoms with van der Waals surface area (Å²) in [5.41, 5.74) is 5.22. The van der Waals surface area contributed by atoms with Gasteiger partial charge in [0, 0.05) is 17.8 Å². The molecule has 8 heteroatoms. The maximum Gasteiger partial charge on any atom is 0.340 e. The van der Waals surface area contributed by atoms with Gasteiger partial charge in [-0.05, 0) is 17.5 Å². The van der Waals surface area contributed by atoms with E-state index in [4.69, 9.17) is 10.5 Å². The average Bonchev–Trinajstić information content (AvgIpc) is 2.98. The van der Waals surface area contributed by atoms with Gasteiger partial charge in [0.15, 0.2) is 6.61 Å². The topological polar surface area (TPSA) is 113 Å². The van der Waals surface area contributed by atoms with Crippen LogP contribution in [0.1, 0.15) is 20.0 Å². The molecule has 1 aromatic heterocycles. The van der Waals surface area contributed by atoms with Gasteiger partial charge in [0.25, 0.3) is 5.69 Å². The number of nitro groups is 1. The number of nitrogens with two attached hydrogens (primary N) is 1. The molecule has 0 spiro atoms. The summed E-state index contributed by atoms with van der Waals surface area (Å²) in [5.74, 6) is -1.22. The summed E-state index contributed by atoms with van der Waals surface area (Å²) in [7, 11) is 0. The highest BCUT2D eigenvalue weighted by molar-refractivity contribution is 7.12. The number of thiophene rings is 1. The summed E-state index contributed by atoms with van der Waals surface area (Å²) in [5, 5.41) is 12.4. The summed E-state index contributed by atoms with van der Waals surface area (Å²) in [4.78, 5) is 34.0. The van der Waals surface area contributed by atoms with Crippen LogP contribution in [0.15, 0.2) is 35.7 Å². The molecule has 2 rings (SSSR count). The van der Waals surface area contributed by atoms with Gasteiger partial charge in [0.2, 0.25) is 5.78 Å². The van der Waals surface area contributed by atoms with Crippen molar-refractivity contribution in [3.63, 3.8) is 0 Å². The van der Waals surface area contributed by atoms with Crippen LogP contribution in [0.5, 0.6) is 0 Å². The fourth-order valence-corrected chi connectivity index (χ4v) is 2.20. The molecule has 0 aliphatic heterocycles. The lowest BCUT2D eigenvalue weighted by Gasteiger charge is -2.06. The second-order valence-electron chi connectivity index (χ2n) is 4.01. The summed E-state index contributed by atoms with van der Waals surface area (Å²) < 4.78 is 4.84. The number of nitro benzene ring substituents is 1. The second-order valence-corrected chi connectivity index (χ2v) is 4.95. The predicted molar refractivity (Wildman–Crippen MR) is 76.4 cm³/mol. The minimum atomic E-state index is -0.874. The van der Waals surface area contributed by atoms with Crippen molar-refractivity contribution in [1.82, 2.24) is 0 Å². The van der Waals surface area contributed by atoms with Gasteiger partial charge in [-0.2, -0.15) is 0 Å². The first-order valence-electron chi connectivity index (χ1n) is 5.77. The quantitative estimate of drug-likeness (QED) is 0.298. The summed E-state index contributed by atoms with van der Waals surface area (Å²) in [6.45, 7) is -0.443. The number of nitrogen functional groups attached to an aromatic ring is 1. The molecule has 1 aromatic carbocycles. The molecule has 2 N–H and O–H groups in total. The molecule has 0 unspecified atom stereocenters. The Labute approximate surface area is 123 Å². The number of rotatable bonds is 5. The molecule has 0 radical (unpaired) electrons. The lowest BCUT2D eigenvalue weighted by molar-refractivity contribution is -0.384. The number of nitrogens with zero attached hydrogens (tertiary/aromatic N) is 1. The van der Waals surface area contributed by atoms with Crippen LogP contribution < -0.4 is 5.73 Å². The molecule has 21 heavy (non-hydrogen) atoms. The lowest BCUT2D eigenvalue weighted by Crippen LogP contribution is -2.15. The third-order valence-electron chi connectivity index (χ3n) is 2.60. The molecule has 0 atom stereocenters. The van der Waals surface area contributed by atoms with Crippen molar-refractivity contribution >= 4 is 34.5 Å². The van der Waals surface area contributed by atoms with Crippen LogP contribution in [0, 0.1) is 10.1 Å². The molecule has 0 fully saturated rings. The maximum atomic E-state index is 11.8. The van der Waals surface area contributed by atoms with E-state index >= 15 is 0 Å². The third-order valence-corrected chi connectivity index (χ3v) is 3.51. The zero-order chi connectivity index (χ0) is 15.4. The van der Waals surface area contributed by atoms with Crippen LogP contribution in [-0.4, -0.2) is 23.3 Å². The van der Waals surface area contributed by atoms with E-state index < -0.39 is 17.5 Å². The van der Waals surface area contributed by atoms with E-state index in [1.165, 1.54) is 23.5 Å². The SMILES string of the molecule is Nc1ccc([N+](=O)[O-])cc1C(=O)OCC(=O)c1cccs1. The molecule has 2 aromatic rings. The van der Waals surface area contributed by atoms with Crippen LogP contribution in [0.25, 0.3) is 0 Å². The number of non-ortho nitro benzene ring substituents is 1. The highest BCUT2D eigenvalue weighted by atomic mass is 32.1. The summed E-state index contributed by atoms with van der Waals surface area (Å²) in [6, 6.07) is 6.77. The molecule has 1 heterocycles. The van der Waals surface area contributed by atoms with E-state index in [1.54, 1.807) is 17.5 Å². The zero-order valence-electron chi connectivity index (χ0n) is 10.6. The van der Waals surface area contributed by atoms with Crippen molar-refractivity contribution < 1.29 is 19.2 Å². The number of ether oxygens (including phenoxy) is 1. The summed E-state index contributed by atoms with van der Waals surface area (Å²) >= 11 is 1.23. The Morgan fingerprint density at radius 2 is 2.10 bits per heavy atom. The first-order valence-corrected chi connectivity index (χ1v) is 6.64. The van der Waals surface area contributed by atoms with Crippen LogP contribution in [0.4, 0.5) is 11.4 Å². The molecule has 0 bridgehead atoms. The lowest BCUT2D eigenvalue weighted by atomic mass is 10.1. The molecule has 7 nitrogen and oxygen atoms in total. The first kappa shape index (κ1) is 14.7. The number of anilines is 1. The zero-order valence-corrected chi connectivity index (χ0v) is 11.5. The Kier molecular flexibility index (Phi) is 4.29. The van der Waals surface area contributed by atoms with Gasteiger partial charge in [0.1, 0.15) is 0 Å². The van der Waals surface area contributed by atoms with Gasteiger partial charge >= 0.3 is 5.97 Å². The Morgan fingerprint density at radius 1 is 1.33 bits per heavy atom. The number of hydrogen-bond acceptors (Lipinski definition) is 7. The Balaban J connectivity index is 2.08. The fourth-order valence-electron chi connectivity index (χ4n) is 1.55. The average molecular weight is 306 g/mol. The van der Waals surface area contributed by atoms with Gasteiger partial charge in [0.05, 0.1) is 15.4 Å². The van der Waals surface area contributed by atoms with E-state index in [0.29, 0.717) is 4.88 Å². The van der Waals surface area contributed by atoms with Crippen molar-refractivity contribution in [2.75, 3.05) is 12.3 Å². The number of Topliss-reactive ketones (excluding diaryl/α,β-unsaturated/α-hetero) is 1. The van der Waals surface area contributed by atoms with E-state index in [-0.39, 0.29) is 22.7 Å². The highest BCUT2D eigenvalue weighted by Crippen LogP contribution is 2.20. The van der Waals surface area contributed by atoms with E-state index in [1.807, 2.05) is 0 Å². The molecular formula is C13H10N2O5S. The minimum Gasteiger partial charge on any atom is -0.454 e. The number of carbonyl (C=O) groups excluding carboxylic acids is 2. The van der Waals surface area contributed by atoms with Gasteiger partial charge in [-0.3, -0.25) is 14.9 Å². The smallest absolute Gasteiger partial charge is 0.340 e. The number of hydrogen-bond donors (Lipinski definition) is 1. The van der Waals surface area contributed by atoms with Crippen molar-refractivity contribution in [3.8, 4) is 0 Å².